The molecule has 25 heavy (non-hydrogen) atoms. The summed E-state index contributed by atoms with van der Waals surface area (Å²) in [6.07, 6.45) is 2.57. The number of nitrogens with zero attached hydrogens (tertiary/aromatic N) is 2. The number of ether oxygens (including phenoxy) is 2. The van der Waals surface area contributed by atoms with Crippen LogP contribution in [-0.4, -0.2) is 51.5 Å². The number of aliphatic imine (C=N–C) groups is 1. The smallest absolute Gasteiger partial charge is 0.236 e. The molecule has 2 aromatic heterocycles. The van der Waals surface area contributed by atoms with E-state index in [0.717, 1.165) is 29.5 Å². The molecule has 0 aliphatic carbocycles. The Morgan fingerprint density at radius 3 is 2.92 bits per heavy atom. The van der Waals surface area contributed by atoms with Gasteiger partial charge in [0.15, 0.2) is 5.96 Å². The highest BCUT2D eigenvalue weighted by Crippen LogP contribution is 2.23. The summed E-state index contributed by atoms with van der Waals surface area (Å²) in [6, 6.07) is 3.97. The van der Waals surface area contributed by atoms with Crippen LogP contribution in [0, 0.1) is 0 Å². The lowest BCUT2D eigenvalue weighted by molar-refractivity contribution is 0.0698. The molecule has 0 unspecified atom stereocenters. The topological polar surface area (TPSA) is 80.9 Å². The van der Waals surface area contributed by atoms with E-state index in [1.165, 1.54) is 0 Å². The molecule has 0 saturated carbocycles. The van der Waals surface area contributed by atoms with Gasteiger partial charge in [-0.2, -0.15) is 0 Å². The molecule has 0 aliphatic heterocycles. The lowest BCUT2D eigenvalue weighted by Gasteiger charge is -2.10. The van der Waals surface area contributed by atoms with Crippen molar-refractivity contribution in [2.75, 3.05) is 40.5 Å². The third kappa shape index (κ3) is 8.17. The third-order valence-electron chi connectivity index (χ3n) is 3.13. The van der Waals surface area contributed by atoms with Crippen LogP contribution >= 0.6 is 35.3 Å². The Morgan fingerprint density at radius 2 is 2.20 bits per heavy atom. The zero-order valence-corrected chi connectivity index (χ0v) is 17.6. The minimum atomic E-state index is 0. The lowest BCUT2D eigenvalue weighted by atomic mass is 10.4. The Bertz CT molecular complexity index is 604. The maximum atomic E-state index is 5.49. The molecule has 0 atom stereocenters. The molecule has 140 valence electrons. The predicted octanol–water partition coefficient (Wildman–Crippen LogP) is 2.74. The second kappa shape index (κ2) is 13.1. The van der Waals surface area contributed by atoms with Crippen molar-refractivity contribution in [3.05, 3.63) is 29.5 Å². The van der Waals surface area contributed by atoms with Gasteiger partial charge >= 0.3 is 0 Å². The van der Waals surface area contributed by atoms with Crippen molar-refractivity contribution >= 4 is 41.3 Å². The van der Waals surface area contributed by atoms with Gasteiger partial charge in [0.05, 0.1) is 30.3 Å². The summed E-state index contributed by atoms with van der Waals surface area (Å²) < 4.78 is 15.8. The Hall–Kier alpha value is -1.17. The molecule has 0 bridgehead atoms. The van der Waals surface area contributed by atoms with Gasteiger partial charge < -0.3 is 24.5 Å². The number of methoxy groups -OCH3 is 1. The summed E-state index contributed by atoms with van der Waals surface area (Å²) in [5.41, 5.74) is 0.837. The van der Waals surface area contributed by atoms with E-state index in [-0.39, 0.29) is 24.0 Å². The summed E-state index contributed by atoms with van der Waals surface area (Å²) in [5, 5.41) is 8.45. The number of guanidine groups is 1. The minimum absolute atomic E-state index is 0. The summed E-state index contributed by atoms with van der Waals surface area (Å²) in [6.45, 7) is 3.29. The van der Waals surface area contributed by atoms with Crippen LogP contribution in [0.2, 0.25) is 0 Å². The summed E-state index contributed by atoms with van der Waals surface area (Å²) in [7, 11) is 3.41. The fraction of sp³-hybridized carbons (Fsp3) is 0.500. The molecule has 0 fully saturated rings. The van der Waals surface area contributed by atoms with E-state index in [9.17, 15) is 0 Å². The van der Waals surface area contributed by atoms with Gasteiger partial charge in [-0.05, 0) is 17.9 Å². The highest BCUT2D eigenvalue weighted by Gasteiger charge is 2.07. The maximum Gasteiger partial charge on any atom is 0.236 e. The molecular formula is C16H25IN4O3S. The van der Waals surface area contributed by atoms with Gasteiger partial charge in [-0.25, -0.2) is 4.98 Å². The average Bonchev–Trinajstić information content (AvgIpc) is 3.28. The van der Waals surface area contributed by atoms with Gasteiger partial charge in [0.25, 0.3) is 0 Å². The Balaban J connectivity index is 0.00000312. The quantitative estimate of drug-likeness (QED) is 0.236. The van der Waals surface area contributed by atoms with E-state index in [4.69, 9.17) is 13.9 Å². The second-order valence-corrected chi connectivity index (χ2v) is 5.88. The Labute approximate surface area is 169 Å². The van der Waals surface area contributed by atoms with Gasteiger partial charge in [0.1, 0.15) is 6.26 Å². The van der Waals surface area contributed by atoms with E-state index >= 15 is 0 Å². The van der Waals surface area contributed by atoms with Gasteiger partial charge in [-0.15, -0.1) is 35.3 Å². The normalized spacial score (nSPS) is 11.2. The van der Waals surface area contributed by atoms with Crippen LogP contribution in [0.3, 0.4) is 0 Å². The summed E-state index contributed by atoms with van der Waals surface area (Å²) in [4.78, 5) is 9.67. The van der Waals surface area contributed by atoms with Crippen molar-refractivity contribution in [1.82, 2.24) is 15.6 Å². The van der Waals surface area contributed by atoms with Crippen molar-refractivity contribution in [2.45, 2.75) is 13.0 Å². The van der Waals surface area contributed by atoms with Gasteiger partial charge in [-0.1, -0.05) is 6.07 Å². The van der Waals surface area contributed by atoms with Crippen LogP contribution < -0.4 is 10.6 Å². The molecule has 0 saturated heterocycles. The van der Waals surface area contributed by atoms with Crippen molar-refractivity contribution in [1.29, 1.82) is 0 Å². The first-order valence-electron chi connectivity index (χ1n) is 7.83. The standard InChI is InChI=1S/C16H24N4O3S.HI/c1-17-16(18-6-4-7-22-9-8-21-2)19-11-13-12-23-15(20-13)14-5-3-10-24-14;/h3,5,10,12H,4,6-9,11H2,1-2H3,(H2,17,18,19);1H. The van der Waals surface area contributed by atoms with E-state index in [1.807, 2.05) is 17.5 Å². The third-order valence-corrected chi connectivity index (χ3v) is 3.99. The zero-order valence-electron chi connectivity index (χ0n) is 14.5. The van der Waals surface area contributed by atoms with Crippen LogP contribution in [0.4, 0.5) is 0 Å². The second-order valence-electron chi connectivity index (χ2n) is 4.93. The van der Waals surface area contributed by atoms with E-state index < -0.39 is 0 Å². The number of rotatable bonds is 10. The zero-order chi connectivity index (χ0) is 17.0. The number of hydrogen-bond donors (Lipinski definition) is 2. The summed E-state index contributed by atoms with van der Waals surface area (Å²) >= 11 is 1.61. The number of hydrogen-bond acceptors (Lipinski definition) is 6. The molecule has 2 aromatic rings. The van der Waals surface area contributed by atoms with Gasteiger partial charge in [0, 0.05) is 27.3 Å². The molecule has 9 heteroatoms. The molecule has 0 aromatic carbocycles. The van der Waals surface area contributed by atoms with Crippen molar-refractivity contribution in [2.24, 2.45) is 4.99 Å². The van der Waals surface area contributed by atoms with E-state index in [2.05, 4.69) is 20.6 Å². The molecule has 2 rings (SSSR count). The van der Waals surface area contributed by atoms with Crippen LogP contribution in [0.15, 0.2) is 33.2 Å². The number of thiophene rings is 1. The Morgan fingerprint density at radius 1 is 1.32 bits per heavy atom. The monoisotopic (exact) mass is 480 g/mol. The molecule has 2 heterocycles. The van der Waals surface area contributed by atoms with Gasteiger partial charge in [0.2, 0.25) is 5.89 Å². The largest absolute Gasteiger partial charge is 0.443 e. The van der Waals surface area contributed by atoms with Crippen LogP contribution in [0.25, 0.3) is 10.8 Å². The number of nitrogens with one attached hydrogen (secondary N) is 2. The molecule has 0 radical (unpaired) electrons. The lowest BCUT2D eigenvalue weighted by Crippen LogP contribution is -2.37. The molecule has 7 nitrogen and oxygen atoms in total. The summed E-state index contributed by atoms with van der Waals surface area (Å²) in [5.74, 6) is 1.38. The molecule has 0 spiro atoms. The fourth-order valence-corrected chi connectivity index (χ4v) is 2.58. The molecule has 2 N–H and O–H groups in total. The first-order valence-corrected chi connectivity index (χ1v) is 8.71. The number of halogens is 1. The van der Waals surface area contributed by atoms with Crippen LogP contribution in [-0.2, 0) is 16.0 Å². The first kappa shape index (κ1) is 21.9. The van der Waals surface area contributed by atoms with Crippen molar-refractivity contribution in [3.63, 3.8) is 0 Å². The highest BCUT2D eigenvalue weighted by molar-refractivity contribution is 14.0. The SMILES string of the molecule is CN=C(NCCCOCCOC)NCc1coc(-c2cccs2)n1.I. The molecule has 0 aliphatic rings. The highest BCUT2D eigenvalue weighted by atomic mass is 127. The number of oxazole rings is 1. The van der Waals surface area contributed by atoms with Crippen LogP contribution in [0.1, 0.15) is 12.1 Å². The average molecular weight is 480 g/mol. The predicted molar refractivity (Wildman–Crippen MR) is 111 cm³/mol. The fourth-order valence-electron chi connectivity index (χ4n) is 1.92. The first-order chi connectivity index (χ1) is 11.8. The minimum Gasteiger partial charge on any atom is -0.443 e. The number of aromatic nitrogens is 1. The van der Waals surface area contributed by atoms with Crippen molar-refractivity contribution in [3.8, 4) is 10.8 Å². The van der Waals surface area contributed by atoms with E-state index in [1.54, 1.807) is 31.8 Å². The Kier molecular flexibility index (Phi) is 11.5. The maximum absolute atomic E-state index is 5.49. The van der Waals surface area contributed by atoms with Crippen molar-refractivity contribution < 1.29 is 13.9 Å². The molecular weight excluding hydrogens is 455 g/mol. The van der Waals surface area contributed by atoms with E-state index in [0.29, 0.717) is 32.3 Å². The van der Waals surface area contributed by atoms with Gasteiger partial charge in [-0.3, -0.25) is 4.99 Å². The van der Waals surface area contributed by atoms with Crippen LogP contribution in [0.5, 0.6) is 0 Å². The molecule has 0 amide bonds.